The Morgan fingerprint density at radius 3 is 1.95 bits per heavy atom. The highest BCUT2D eigenvalue weighted by molar-refractivity contribution is 5.19. The Labute approximate surface area is 115 Å². The summed E-state index contributed by atoms with van der Waals surface area (Å²) in [5.74, 6) is 0.448. The second kappa shape index (κ2) is 7.07. The molecule has 2 heteroatoms. The van der Waals surface area contributed by atoms with Crippen LogP contribution in [0.4, 0.5) is 0 Å². The van der Waals surface area contributed by atoms with E-state index in [2.05, 4.69) is 36.5 Å². The van der Waals surface area contributed by atoms with Crippen LogP contribution in [-0.2, 0) is 0 Å². The topological polar surface area (TPSA) is 32.3 Å². The SMILES string of the molecule is CC(CNCC(O)c1ccccc1)c1ccccc1. The van der Waals surface area contributed by atoms with E-state index in [9.17, 15) is 5.11 Å². The number of nitrogens with one attached hydrogen (secondary N) is 1. The van der Waals surface area contributed by atoms with Gasteiger partial charge in [0, 0.05) is 13.1 Å². The summed E-state index contributed by atoms with van der Waals surface area (Å²) in [5, 5.41) is 13.4. The summed E-state index contributed by atoms with van der Waals surface area (Å²) in [5.41, 5.74) is 2.28. The normalized spacial score (nSPS) is 14.0. The summed E-state index contributed by atoms with van der Waals surface area (Å²) in [6.45, 7) is 3.65. The van der Waals surface area contributed by atoms with Crippen LogP contribution >= 0.6 is 0 Å². The van der Waals surface area contributed by atoms with Crippen molar-refractivity contribution in [2.24, 2.45) is 0 Å². The summed E-state index contributed by atoms with van der Waals surface area (Å²) < 4.78 is 0. The highest BCUT2D eigenvalue weighted by atomic mass is 16.3. The zero-order valence-corrected chi connectivity index (χ0v) is 11.3. The first-order valence-electron chi connectivity index (χ1n) is 6.76. The van der Waals surface area contributed by atoms with Gasteiger partial charge in [0.2, 0.25) is 0 Å². The highest BCUT2D eigenvalue weighted by Gasteiger charge is 2.08. The van der Waals surface area contributed by atoms with Gasteiger partial charge in [0.05, 0.1) is 6.10 Å². The minimum Gasteiger partial charge on any atom is -0.387 e. The van der Waals surface area contributed by atoms with Gasteiger partial charge in [0.1, 0.15) is 0 Å². The number of aliphatic hydroxyl groups excluding tert-OH is 1. The fourth-order valence-electron chi connectivity index (χ4n) is 2.13. The van der Waals surface area contributed by atoms with Gasteiger partial charge in [-0.1, -0.05) is 67.6 Å². The third-order valence-corrected chi connectivity index (χ3v) is 3.34. The van der Waals surface area contributed by atoms with Crippen molar-refractivity contribution in [2.75, 3.05) is 13.1 Å². The first-order chi connectivity index (χ1) is 9.27. The molecule has 2 nitrogen and oxygen atoms in total. The van der Waals surface area contributed by atoms with Crippen molar-refractivity contribution < 1.29 is 5.11 Å². The van der Waals surface area contributed by atoms with E-state index in [0.29, 0.717) is 12.5 Å². The number of benzene rings is 2. The van der Waals surface area contributed by atoms with E-state index in [4.69, 9.17) is 0 Å². The van der Waals surface area contributed by atoms with Crippen molar-refractivity contribution in [3.63, 3.8) is 0 Å². The molecular weight excluding hydrogens is 234 g/mol. The lowest BCUT2D eigenvalue weighted by Crippen LogP contribution is -2.25. The van der Waals surface area contributed by atoms with Gasteiger partial charge in [-0.15, -0.1) is 0 Å². The molecule has 2 atom stereocenters. The molecule has 2 aromatic rings. The molecule has 19 heavy (non-hydrogen) atoms. The number of hydrogen-bond donors (Lipinski definition) is 2. The molecule has 0 aliphatic rings. The van der Waals surface area contributed by atoms with Gasteiger partial charge in [-0.2, -0.15) is 0 Å². The van der Waals surface area contributed by atoms with Crippen molar-refractivity contribution in [2.45, 2.75) is 18.9 Å². The second-order valence-corrected chi connectivity index (χ2v) is 4.90. The first-order valence-corrected chi connectivity index (χ1v) is 6.76. The van der Waals surface area contributed by atoms with Crippen molar-refractivity contribution in [3.05, 3.63) is 71.8 Å². The molecule has 2 rings (SSSR count). The summed E-state index contributed by atoms with van der Waals surface area (Å²) >= 11 is 0. The second-order valence-electron chi connectivity index (χ2n) is 4.90. The van der Waals surface area contributed by atoms with Crippen LogP contribution in [0, 0.1) is 0 Å². The maximum absolute atomic E-state index is 10.0. The third kappa shape index (κ3) is 4.19. The van der Waals surface area contributed by atoms with Crippen LogP contribution in [0.15, 0.2) is 60.7 Å². The molecule has 2 aromatic carbocycles. The van der Waals surface area contributed by atoms with Crippen molar-refractivity contribution in [3.8, 4) is 0 Å². The molecule has 0 saturated carbocycles. The van der Waals surface area contributed by atoms with Gasteiger partial charge in [0.15, 0.2) is 0 Å². The molecular formula is C17H21NO. The number of hydrogen-bond acceptors (Lipinski definition) is 2. The van der Waals surface area contributed by atoms with Crippen LogP contribution in [0.2, 0.25) is 0 Å². The van der Waals surface area contributed by atoms with E-state index in [1.165, 1.54) is 5.56 Å². The third-order valence-electron chi connectivity index (χ3n) is 3.34. The summed E-state index contributed by atoms with van der Waals surface area (Å²) in [4.78, 5) is 0. The van der Waals surface area contributed by atoms with Gasteiger partial charge in [-0.3, -0.25) is 0 Å². The van der Waals surface area contributed by atoms with Gasteiger partial charge in [-0.25, -0.2) is 0 Å². The van der Waals surface area contributed by atoms with Crippen LogP contribution in [0.3, 0.4) is 0 Å². The number of rotatable bonds is 6. The smallest absolute Gasteiger partial charge is 0.0914 e. The van der Waals surface area contributed by atoms with E-state index < -0.39 is 6.10 Å². The maximum Gasteiger partial charge on any atom is 0.0914 e. The standard InChI is InChI=1S/C17H21NO/c1-14(15-8-4-2-5-9-15)12-18-13-17(19)16-10-6-3-7-11-16/h2-11,14,17-19H,12-13H2,1H3. The van der Waals surface area contributed by atoms with Crippen molar-refractivity contribution in [1.82, 2.24) is 5.32 Å². The lowest BCUT2D eigenvalue weighted by atomic mass is 10.0. The monoisotopic (exact) mass is 255 g/mol. The fourth-order valence-corrected chi connectivity index (χ4v) is 2.13. The van der Waals surface area contributed by atoms with E-state index in [0.717, 1.165) is 12.1 Å². The Bertz CT molecular complexity index is 424. The Hall–Kier alpha value is -1.64. The molecule has 2 unspecified atom stereocenters. The molecule has 0 aliphatic carbocycles. The predicted molar refractivity (Wildman–Crippen MR) is 79.1 cm³/mol. The molecule has 2 N–H and O–H groups in total. The Morgan fingerprint density at radius 1 is 0.842 bits per heavy atom. The molecule has 100 valence electrons. The zero-order chi connectivity index (χ0) is 13.5. The molecule has 0 amide bonds. The largest absolute Gasteiger partial charge is 0.387 e. The highest BCUT2D eigenvalue weighted by Crippen LogP contribution is 2.14. The van der Waals surface area contributed by atoms with Gasteiger partial charge < -0.3 is 10.4 Å². The summed E-state index contributed by atoms with van der Waals surface area (Å²) in [7, 11) is 0. The molecule has 0 radical (unpaired) electrons. The van der Waals surface area contributed by atoms with Gasteiger partial charge in [-0.05, 0) is 17.0 Å². The molecule has 0 aliphatic heterocycles. The predicted octanol–water partition coefficient (Wildman–Crippen LogP) is 3.11. The minimum absolute atomic E-state index is 0.441. The molecule has 0 heterocycles. The van der Waals surface area contributed by atoms with E-state index in [-0.39, 0.29) is 0 Å². The van der Waals surface area contributed by atoms with Crippen LogP contribution in [0.25, 0.3) is 0 Å². The molecule has 0 fully saturated rings. The zero-order valence-electron chi connectivity index (χ0n) is 11.3. The quantitative estimate of drug-likeness (QED) is 0.831. The first kappa shape index (κ1) is 13.8. The molecule has 0 spiro atoms. The Kier molecular flexibility index (Phi) is 5.13. The molecule has 0 saturated heterocycles. The average Bonchev–Trinajstić information content (AvgIpc) is 2.49. The van der Waals surface area contributed by atoms with Gasteiger partial charge >= 0.3 is 0 Å². The van der Waals surface area contributed by atoms with E-state index in [1.54, 1.807) is 0 Å². The summed E-state index contributed by atoms with van der Waals surface area (Å²) in [6, 6.07) is 20.2. The lowest BCUT2D eigenvalue weighted by Gasteiger charge is -2.16. The van der Waals surface area contributed by atoms with Crippen LogP contribution in [0.5, 0.6) is 0 Å². The average molecular weight is 255 g/mol. The minimum atomic E-state index is -0.441. The Morgan fingerprint density at radius 2 is 1.37 bits per heavy atom. The van der Waals surface area contributed by atoms with Crippen LogP contribution in [0.1, 0.15) is 30.1 Å². The van der Waals surface area contributed by atoms with Gasteiger partial charge in [0.25, 0.3) is 0 Å². The van der Waals surface area contributed by atoms with Crippen LogP contribution in [-0.4, -0.2) is 18.2 Å². The fraction of sp³-hybridized carbons (Fsp3) is 0.294. The van der Waals surface area contributed by atoms with E-state index in [1.807, 2.05) is 36.4 Å². The Balaban J connectivity index is 1.78. The summed E-state index contributed by atoms with van der Waals surface area (Å²) in [6.07, 6.45) is -0.441. The molecule has 0 bridgehead atoms. The van der Waals surface area contributed by atoms with Crippen molar-refractivity contribution in [1.29, 1.82) is 0 Å². The van der Waals surface area contributed by atoms with Crippen LogP contribution < -0.4 is 5.32 Å². The maximum atomic E-state index is 10.0. The van der Waals surface area contributed by atoms with E-state index >= 15 is 0 Å². The lowest BCUT2D eigenvalue weighted by molar-refractivity contribution is 0.174. The van der Waals surface area contributed by atoms with Crippen molar-refractivity contribution >= 4 is 0 Å². The molecule has 0 aromatic heterocycles. The number of aliphatic hydroxyl groups is 1.